The van der Waals surface area contributed by atoms with Crippen LogP contribution in [0.3, 0.4) is 0 Å². The van der Waals surface area contributed by atoms with Crippen molar-refractivity contribution in [3.05, 3.63) is 69.7 Å². The van der Waals surface area contributed by atoms with Crippen LogP contribution in [0.4, 0.5) is 4.79 Å². The molecule has 2 aromatic carbocycles. The Labute approximate surface area is 292 Å². The number of nitrogens with one attached hydrogen (secondary N) is 1. The number of benzene rings is 2. The van der Waals surface area contributed by atoms with Gasteiger partial charge in [-0.25, -0.2) is 4.79 Å². The first kappa shape index (κ1) is 38.6. The molecular formula is C37H54Cl2N4O4. The van der Waals surface area contributed by atoms with Crippen molar-refractivity contribution in [1.82, 2.24) is 20.0 Å². The van der Waals surface area contributed by atoms with Crippen LogP contribution >= 0.6 is 23.2 Å². The molecule has 4 rings (SSSR count). The zero-order valence-corrected chi connectivity index (χ0v) is 31.5. The number of hydrogen-bond acceptors (Lipinski definition) is 5. The summed E-state index contributed by atoms with van der Waals surface area (Å²) in [7, 11) is 0. The number of ether oxygens (including phenoxy) is 1. The topological polar surface area (TPSA) is 82.2 Å². The second-order valence-corrected chi connectivity index (χ2v) is 16.7. The minimum Gasteiger partial charge on any atom is -0.444 e. The van der Waals surface area contributed by atoms with Gasteiger partial charge in [-0.1, -0.05) is 89.0 Å². The van der Waals surface area contributed by atoms with Gasteiger partial charge >= 0.3 is 6.09 Å². The molecule has 47 heavy (non-hydrogen) atoms. The molecule has 0 unspecified atom stereocenters. The third-order valence-corrected chi connectivity index (χ3v) is 8.70. The first-order valence-corrected chi connectivity index (χ1v) is 17.2. The Morgan fingerprint density at radius 1 is 0.702 bits per heavy atom. The molecule has 0 saturated carbocycles. The lowest BCUT2D eigenvalue weighted by Crippen LogP contribution is -2.59. The van der Waals surface area contributed by atoms with Crippen molar-refractivity contribution < 1.29 is 19.1 Å². The number of rotatable bonds is 2. The van der Waals surface area contributed by atoms with E-state index in [0.29, 0.717) is 24.7 Å². The van der Waals surface area contributed by atoms with Gasteiger partial charge in [-0.3, -0.25) is 14.5 Å². The summed E-state index contributed by atoms with van der Waals surface area (Å²) in [5.41, 5.74) is 0.617. The smallest absolute Gasteiger partial charge is 0.410 e. The summed E-state index contributed by atoms with van der Waals surface area (Å²) in [4.78, 5) is 43.9. The minimum atomic E-state index is -0.586. The van der Waals surface area contributed by atoms with Gasteiger partial charge in [0.15, 0.2) is 0 Å². The maximum atomic E-state index is 12.9. The molecule has 10 heteroatoms. The van der Waals surface area contributed by atoms with Crippen LogP contribution in [0.2, 0.25) is 10.0 Å². The van der Waals surface area contributed by atoms with Crippen LogP contribution in [-0.4, -0.2) is 76.5 Å². The molecule has 2 aliphatic rings. The van der Waals surface area contributed by atoms with Gasteiger partial charge in [0.05, 0.1) is 12.1 Å². The van der Waals surface area contributed by atoms with Crippen LogP contribution in [0, 0.1) is 10.8 Å². The Hall–Kier alpha value is -2.81. The quantitative estimate of drug-likeness (QED) is 0.344. The zero-order chi connectivity index (χ0) is 35.5. The van der Waals surface area contributed by atoms with E-state index in [4.69, 9.17) is 27.9 Å². The normalized spacial score (nSPS) is 22.3. The van der Waals surface area contributed by atoms with E-state index in [9.17, 15) is 14.4 Å². The Morgan fingerprint density at radius 3 is 1.68 bits per heavy atom. The fourth-order valence-electron chi connectivity index (χ4n) is 5.74. The van der Waals surface area contributed by atoms with Crippen LogP contribution in [0.25, 0.3) is 0 Å². The molecule has 260 valence electrons. The fraction of sp³-hybridized carbons (Fsp3) is 0.595. The number of hydrogen-bond donors (Lipinski definition) is 1. The standard InChI is InChI=1S/C21H31ClN2O3.C16H23ClN2O/c1-14-12-24(19(26)27-21(5,6)7)17(15-9-8-10-16(22)11-15)13-23(14)18(25)20(2,3)4;1-11-9-18-14(12-6-5-7-13(17)8-12)10-19(11)15(20)16(2,3)4/h8-11,14,17H,12-13H2,1-7H3;5-8,11,14,18H,9-10H2,1-4H3/t14-,17-;11-,14-/m11/s1. The highest BCUT2D eigenvalue weighted by Crippen LogP contribution is 2.33. The summed E-state index contributed by atoms with van der Waals surface area (Å²) in [6.07, 6.45) is -0.373. The SMILES string of the molecule is C[C@@H]1CN(C(=O)OC(C)(C)C)[C@@H](c2cccc(Cl)c2)CN1C(=O)C(C)(C)C.C[C@@H]1CN[C@@H](c2cccc(Cl)c2)CN1C(=O)C(C)(C)C. The Bertz CT molecular complexity index is 1410. The van der Waals surface area contributed by atoms with E-state index in [0.717, 1.165) is 22.7 Å². The highest BCUT2D eigenvalue weighted by molar-refractivity contribution is 6.30. The molecule has 0 aromatic heterocycles. The Morgan fingerprint density at radius 2 is 1.19 bits per heavy atom. The van der Waals surface area contributed by atoms with Crippen LogP contribution in [0.1, 0.15) is 99.4 Å². The van der Waals surface area contributed by atoms with E-state index in [2.05, 4.69) is 18.3 Å². The predicted molar refractivity (Wildman–Crippen MR) is 191 cm³/mol. The molecule has 4 atom stereocenters. The number of carbonyl (C=O) groups is 3. The lowest BCUT2D eigenvalue weighted by molar-refractivity contribution is -0.146. The van der Waals surface area contributed by atoms with Crippen LogP contribution in [-0.2, 0) is 14.3 Å². The summed E-state index contributed by atoms with van der Waals surface area (Å²) < 4.78 is 5.62. The van der Waals surface area contributed by atoms with Gasteiger partial charge in [0.1, 0.15) is 5.60 Å². The molecule has 3 amide bonds. The van der Waals surface area contributed by atoms with E-state index in [1.165, 1.54) is 0 Å². The Balaban J connectivity index is 0.000000267. The molecule has 0 aliphatic carbocycles. The predicted octanol–water partition coefficient (Wildman–Crippen LogP) is 8.14. The maximum Gasteiger partial charge on any atom is 0.410 e. The first-order valence-electron chi connectivity index (χ1n) is 16.4. The molecule has 0 spiro atoms. The van der Waals surface area contributed by atoms with Crippen LogP contribution in [0.5, 0.6) is 0 Å². The summed E-state index contributed by atoms with van der Waals surface area (Å²) in [6, 6.07) is 15.2. The third-order valence-electron chi connectivity index (χ3n) is 8.23. The minimum absolute atomic E-state index is 0.0749. The van der Waals surface area contributed by atoms with Crippen molar-refractivity contribution in [2.45, 2.75) is 106 Å². The molecular weight excluding hydrogens is 635 g/mol. The summed E-state index contributed by atoms with van der Waals surface area (Å²) in [6.45, 7) is 23.6. The summed E-state index contributed by atoms with van der Waals surface area (Å²) in [5, 5.41) is 4.83. The van der Waals surface area contributed by atoms with E-state index in [1.54, 1.807) is 11.0 Å². The molecule has 1 N–H and O–H groups in total. The fourth-order valence-corrected chi connectivity index (χ4v) is 6.13. The van der Waals surface area contributed by atoms with Crippen LogP contribution < -0.4 is 5.32 Å². The number of carbonyl (C=O) groups excluding carboxylic acids is 3. The van der Waals surface area contributed by atoms with E-state index in [-0.39, 0.29) is 47.5 Å². The van der Waals surface area contributed by atoms with E-state index in [1.807, 2.05) is 115 Å². The molecule has 0 radical (unpaired) electrons. The van der Waals surface area contributed by atoms with Gasteiger partial charge in [0, 0.05) is 59.1 Å². The largest absolute Gasteiger partial charge is 0.444 e. The highest BCUT2D eigenvalue weighted by atomic mass is 35.5. The highest BCUT2D eigenvalue weighted by Gasteiger charge is 2.42. The van der Waals surface area contributed by atoms with E-state index < -0.39 is 11.0 Å². The molecule has 2 heterocycles. The third kappa shape index (κ3) is 10.6. The lowest BCUT2D eigenvalue weighted by atomic mass is 9.91. The van der Waals surface area contributed by atoms with Crippen molar-refractivity contribution in [3.8, 4) is 0 Å². The first-order chi connectivity index (χ1) is 21.6. The average molecular weight is 690 g/mol. The lowest BCUT2D eigenvalue weighted by Gasteiger charge is -2.47. The molecule has 2 saturated heterocycles. The van der Waals surface area contributed by atoms with E-state index >= 15 is 0 Å². The number of halogens is 2. The summed E-state index contributed by atoms with van der Waals surface area (Å²) >= 11 is 12.2. The number of nitrogens with zero attached hydrogens (tertiary/aromatic N) is 3. The molecule has 0 bridgehead atoms. The van der Waals surface area contributed by atoms with Crippen molar-refractivity contribution in [2.24, 2.45) is 10.8 Å². The monoisotopic (exact) mass is 688 g/mol. The molecule has 8 nitrogen and oxygen atoms in total. The van der Waals surface area contributed by atoms with Crippen molar-refractivity contribution in [3.63, 3.8) is 0 Å². The summed E-state index contributed by atoms with van der Waals surface area (Å²) in [5.74, 6) is 0.282. The van der Waals surface area contributed by atoms with Gasteiger partial charge in [-0.05, 0) is 70.0 Å². The number of piperazine rings is 2. The second kappa shape index (κ2) is 15.2. The van der Waals surface area contributed by atoms with Gasteiger partial charge in [-0.15, -0.1) is 0 Å². The second-order valence-electron chi connectivity index (χ2n) is 15.8. The van der Waals surface area contributed by atoms with Crippen molar-refractivity contribution in [1.29, 1.82) is 0 Å². The Kier molecular flexibility index (Phi) is 12.5. The van der Waals surface area contributed by atoms with Crippen molar-refractivity contribution in [2.75, 3.05) is 26.2 Å². The molecule has 2 fully saturated rings. The van der Waals surface area contributed by atoms with Gasteiger partial charge in [-0.2, -0.15) is 0 Å². The van der Waals surface area contributed by atoms with Crippen LogP contribution in [0.15, 0.2) is 48.5 Å². The molecule has 2 aliphatic heterocycles. The van der Waals surface area contributed by atoms with Gasteiger partial charge in [0.2, 0.25) is 11.8 Å². The zero-order valence-electron chi connectivity index (χ0n) is 30.0. The maximum absolute atomic E-state index is 12.9. The average Bonchev–Trinajstić information content (AvgIpc) is 2.95. The van der Waals surface area contributed by atoms with Crippen molar-refractivity contribution >= 4 is 41.1 Å². The van der Waals surface area contributed by atoms with Gasteiger partial charge in [0.25, 0.3) is 0 Å². The number of amides is 3. The molecule has 2 aromatic rings. The van der Waals surface area contributed by atoms with Gasteiger partial charge < -0.3 is 19.9 Å².